The van der Waals surface area contributed by atoms with Gasteiger partial charge in [0, 0.05) is 11.6 Å². The van der Waals surface area contributed by atoms with Gasteiger partial charge in [-0.2, -0.15) is 0 Å². The Kier molecular flexibility index (Phi) is 3.63. The summed E-state index contributed by atoms with van der Waals surface area (Å²) in [6.07, 6.45) is 0.626. The first-order valence-corrected chi connectivity index (χ1v) is 7.30. The molecule has 1 amide bonds. The Labute approximate surface area is 127 Å². The summed E-state index contributed by atoms with van der Waals surface area (Å²) in [4.78, 5) is 25.4. The van der Waals surface area contributed by atoms with E-state index in [1.807, 2.05) is 18.2 Å². The maximum atomic E-state index is 12.8. The number of benzene rings is 1. The average molecular weight is 310 g/mol. The monoisotopic (exact) mass is 309 g/mol. The summed E-state index contributed by atoms with van der Waals surface area (Å²) in [5, 5.41) is 9.64. The minimum Gasteiger partial charge on any atom is -0.479 e. The van der Waals surface area contributed by atoms with E-state index >= 15 is 0 Å². The second kappa shape index (κ2) is 5.31. The molecule has 1 atom stereocenters. The third kappa shape index (κ3) is 2.63. The molecule has 1 saturated heterocycles. The molecule has 0 spiro atoms. The fraction of sp³-hybridized carbons (Fsp3) is 0.467. The minimum absolute atomic E-state index is 0.0145. The molecule has 1 aromatic carbocycles. The second-order valence-corrected chi connectivity index (χ2v) is 5.98. The molecule has 3 rings (SSSR count). The number of carboxylic acid groups (broad SMARTS) is 1. The second-order valence-electron chi connectivity index (χ2n) is 5.54. The number of morpholine rings is 1. The zero-order chi connectivity index (χ0) is 15.0. The number of carbonyl (C=O) groups excluding carboxylic acids is 1. The molecule has 21 heavy (non-hydrogen) atoms. The van der Waals surface area contributed by atoms with Crippen LogP contribution in [0.25, 0.3) is 0 Å². The van der Waals surface area contributed by atoms with Crippen LogP contribution in [-0.4, -0.2) is 47.7 Å². The van der Waals surface area contributed by atoms with Crippen LogP contribution in [0.2, 0.25) is 5.02 Å². The lowest BCUT2D eigenvalue weighted by atomic mass is 9.94. The molecule has 6 heteroatoms. The maximum absolute atomic E-state index is 12.8. The lowest BCUT2D eigenvalue weighted by Crippen LogP contribution is -2.51. The summed E-state index contributed by atoms with van der Waals surface area (Å²) < 4.78 is 5.16. The van der Waals surface area contributed by atoms with Gasteiger partial charge >= 0.3 is 5.97 Å². The lowest BCUT2D eigenvalue weighted by molar-refractivity contribution is -0.160. The van der Waals surface area contributed by atoms with E-state index in [9.17, 15) is 9.59 Å². The van der Waals surface area contributed by atoms with E-state index < -0.39 is 17.5 Å². The molecule has 1 N–H and O–H groups in total. The van der Waals surface area contributed by atoms with Crippen LogP contribution in [0.5, 0.6) is 0 Å². The van der Waals surface area contributed by atoms with Crippen LogP contribution in [0.3, 0.4) is 0 Å². The third-order valence-corrected chi connectivity index (χ3v) is 4.40. The van der Waals surface area contributed by atoms with E-state index in [0.717, 1.165) is 18.4 Å². The van der Waals surface area contributed by atoms with E-state index in [1.54, 1.807) is 11.0 Å². The summed E-state index contributed by atoms with van der Waals surface area (Å²) in [6.45, 7) is 0.801. The Morgan fingerprint density at radius 1 is 1.38 bits per heavy atom. The van der Waals surface area contributed by atoms with Crippen LogP contribution < -0.4 is 0 Å². The van der Waals surface area contributed by atoms with E-state index in [2.05, 4.69) is 0 Å². The van der Waals surface area contributed by atoms with Gasteiger partial charge in [0.1, 0.15) is 0 Å². The Balaban J connectivity index is 1.80. The van der Waals surface area contributed by atoms with E-state index in [1.165, 1.54) is 0 Å². The van der Waals surface area contributed by atoms with Crippen molar-refractivity contribution in [3.05, 3.63) is 34.9 Å². The van der Waals surface area contributed by atoms with Gasteiger partial charge in [-0.25, -0.2) is 4.79 Å². The molecule has 1 heterocycles. The predicted octanol–water partition coefficient (Wildman–Crippen LogP) is 1.68. The number of amides is 1. The summed E-state index contributed by atoms with van der Waals surface area (Å²) in [6, 6.07) is 7.35. The summed E-state index contributed by atoms with van der Waals surface area (Å²) in [5.41, 5.74) is 0.393. The Morgan fingerprint density at radius 3 is 2.76 bits per heavy atom. The van der Waals surface area contributed by atoms with Gasteiger partial charge in [0.15, 0.2) is 6.10 Å². The number of carboxylic acids is 1. The molecule has 1 aliphatic heterocycles. The van der Waals surface area contributed by atoms with Crippen LogP contribution in [0, 0.1) is 0 Å². The van der Waals surface area contributed by atoms with Crippen molar-refractivity contribution >= 4 is 23.5 Å². The SMILES string of the molecule is O=C(O)[C@@H]1CN(C(=O)C2(c3cccc(Cl)c3)CC2)CCO1. The Bertz CT molecular complexity index is 585. The van der Waals surface area contributed by atoms with Gasteiger partial charge in [0.2, 0.25) is 5.91 Å². The van der Waals surface area contributed by atoms with Crippen molar-refractivity contribution in [2.45, 2.75) is 24.4 Å². The summed E-state index contributed by atoms with van der Waals surface area (Å²) in [5.74, 6) is -1.04. The van der Waals surface area contributed by atoms with Gasteiger partial charge < -0.3 is 14.7 Å². The molecule has 2 aliphatic rings. The Morgan fingerprint density at radius 2 is 2.14 bits per heavy atom. The van der Waals surface area contributed by atoms with Crippen LogP contribution >= 0.6 is 11.6 Å². The first kappa shape index (κ1) is 14.4. The molecule has 2 fully saturated rings. The van der Waals surface area contributed by atoms with Crippen molar-refractivity contribution in [1.82, 2.24) is 4.90 Å². The highest BCUT2D eigenvalue weighted by atomic mass is 35.5. The lowest BCUT2D eigenvalue weighted by Gasteiger charge is -2.33. The Hall–Kier alpha value is -1.59. The molecule has 0 bridgehead atoms. The van der Waals surface area contributed by atoms with Gasteiger partial charge in [0.25, 0.3) is 0 Å². The molecule has 1 aliphatic carbocycles. The largest absolute Gasteiger partial charge is 0.479 e. The number of hydrogen-bond acceptors (Lipinski definition) is 3. The molecule has 1 aromatic rings. The van der Waals surface area contributed by atoms with Crippen molar-refractivity contribution in [2.24, 2.45) is 0 Å². The fourth-order valence-corrected chi connectivity index (χ4v) is 3.01. The smallest absolute Gasteiger partial charge is 0.334 e. The highest BCUT2D eigenvalue weighted by Gasteiger charge is 2.53. The number of ether oxygens (including phenoxy) is 1. The van der Waals surface area contributed by atoms with E-state index in [0.29, 0.717) is 11.6 Å². The quantitative estimate of drug-likeness (QED) is 0.922. The van der Waals surface area contributed by atoms with Gasteiger partial charge in [-0.05, 0) is 30.5 Å². The van der Waals surface area contributed by atoms with E-state index in [4.69, 9.17) is 21.4 Å². The van der Waals surface area contributed by atoms with Crippen LogP contribution in [0.1, 0.15) is 18.4 Å². The normalized spacial score (nSPS) is 23.7. The van der Waals surface area contributed by atoms with Gasteiger partial charge in [-0.15, -0.1) is 0 Å². The number of nitrogens with zero attached hydrogens (tertiary/aromatic N) is 1. The number of hydrogen-bond donors (Lipinski definition) is 1. The molecule has 1 saturated carbocycles. The van der Waals surface area contributed by atoms with Crippen LogP contribution in [0.15, 0.2) is 24.3 Å². The standard InChI is InChI=1S/C15H16ClNO4/c16-11-3-1-2-10(8-11)15(4-5-15)14(20)17-6-7-21-12(9-17)13(18)19/h1-3,8,12H,4-7,9H2,(H,18,19)/t12-/m0/s1. The summed E-state index contributed by atoms with van der Waals surface area (Å²) >= 11 is 6.01. The topological polar surface area (TPSA) is 66.8 Å². The highest BCUT2D eigenvalue weighted by molar-refractivity contribution is 6.30. The van der Waals surface area contributed by atoms with Crippen molar-refractivity contribution < 1.29 is 19.4 Å². The number of carbonyl (C=O) groups is 2. The first-order chi connectivity index (χ1) is 10.0. The van der Waals surface area contributed by atoms with Crippen molar-refractivity contribution in [2.75, 3.05) is 19.7 Å². The van der Waals surface area contributed by atoms with Crippen molar-refractivity contribution in [3.8, 4) is 0 Å². The maximum Gasteiger partial charge on any atom is 0.334 e. The molecule has 0 radical (unpaired) electrons. The summed E-state index contributed by atoms with van der Waals surface area (Å²) in [7, 11) is 0. The first-order valence-electron chi connectivity index (χ1n) is 6.93. The highest BCUT2D eigenvalue weighted by Crippen LogP contribution is 2.50. The van der Waals surface area contributed by atoms with Gasteiger partial charge in [0.05, 0.1) is 18.6 Å². The molecule has 0 unspecified atom stereocenters. The van der Waals surface area contributed by atoms with Crippen molar-refractivity contribution in [3.63, 3.8) is 0 Å². The van der Waals surface area contributed by atoms with E-state index in [-0.39, 0.29) is 19.1 Å². The zero-order valence-corrected chi connectivity index (χ0v) is 12.2. The minimum atomic E-state index is -1.03. The fourth-order valence-electron chi connectivity index (χ4n) is 2.82. The molecular formula is C15H16ClNO4. The molecule has 112 valence electrons. The van der Waals surface area contributed by atoms with Crippen LogP contribution in [-0.2, 0) is 19.7 Å². The van der Waals surface area contributed by atoms with Gasteiger partial charge in [-0.3, -0.25) is 4.79 Å². The third-order valence-electron chi connectivity index (χ3n) is 4.17. The molecule has 0 aromatic heterocycles. The average Bonchev–Trinajstić information content (AvgIpc) is 3.28. The van der Waals surface area contributed by atoms with Gasteiger partial charge in [-0.1, -0.05) is 23.7 Å². The molecule has 5 nitrogen and oxygen atoms in total. The number of rotatable bonds is 3. The molecular weight excluding hydrogens is 294 g/mol. The zero-order valence-electron chi connectivity index (χ0n) is 11.4. The number of aliphatic carboxylic acids is 1. The van der Waals surface area contributed by atoms with Crippen LogP contribution in [0.4, 0.5) is 0 Å². The van der Waals surface area contributed by atoms with Crippen molar-refractivity contribution in [1.29, 1.82) is 0 Å². The predicted molar refractivity (Wildman–Crippen MR) is 76.3 cm³/mol. The number of halogens is 1.